The van der Waals surface area contributed by atoms with E-state index < -0.39 is 0 Å². The van der Waals surface area contributed by atoms with E-state index in [0.717, 1.165) is 12.1 Å². The predicted octanol–water partition coefficient (Wildman–Crippen LogP) is 3.33. The molecule has 2 aromatic heterocycles. The van der Waals surface area contributed by atoms with Gasteiger partial charge in [0.25, 0.3) is 5.91 Å². The molecular formula is C24H30N6O. The molecule has 0 bridgehead atoms. The monoisotopic (exact) mass is 418 g/mol. The number of hydrogen-bond donors (Lipinski definition) is 2. The zero-order valence-corrected chi connectivity index (χ0v) is 18.2. The fourth-order valence-electron chi connectivity index (χ4n) is 4.86. The summed E-state index contributed by atoms with van der Waals surface area (Å²) >= 11 is 0. The standard InChI is InChI=1S/C24H30N6O/c1-16-18(7-2-3-12-30-13-4-5-14-30)22(17-9-10-17)21(26-16)15-19-23(28-29-24(19)31)20-8-6-11-25-27-20/h6,8,11,15,17,26H,2-5,7,9-10,12-14H2,1H3,(H,29,31)/b19-15+. The van der Waals surface area contributed by atoms with Gasteiger partial charge in [-0.05, 0) is 107 Å². The molecule has 4 heterocycles. The molecule has 2 aliphatic heterocycles. The number of aryl methyl sites for hydroxylation is 1. The molecule has 0 unspecified atom stereocenters. The van der Waals surface area contributed by atoms with Crippen LogP contribution in [0.2, 0.25) is 0 Å². The molecule has 7 heteroatoms. The van der Waals surface area contributed by atoms with Crippen LogP contribution in [-0.4, -0.2) is 51.3 Å². The van der Waals surface area contributed by atoms with Crippen molar-refractivity contribution in [3.05, 3.63) is 52.1 Å². The van der Waals surface area contributed by atoms with Crippen molar-refractivity contribution < 1.29 is 4.79 Å². The van der Waals surface area contributed by atoms with Crippen molar-refractivity contribution in [2.75, 3.05) is 19.6 Å². The molecule has 0 aromatic carbocycles. The first-order valence-corrected chi connectivity index (χ1v) is 11.5. The van der Waals surface area contributed by atoms with Crippen molar-refractivity contribution >= 4 is 17.7 Å². The number of nitrogens with zero attached hydrogens (tertiary/aromatic N) is 4. The summed E-state index contributed by atoms with van der Waals surface area (Å²) in [5.74, 6) is 0.411. The zero-order valence-electron chi connectivity index (χ0n) is 18.2. The fraction of sp³-hybridized carbons (Fsp3) is 0.500. The third-order valence-electron chi connectivity index (χ3n) is 6.60. The van der Waals surface area contributed by atoms with Crippen LogP contribution in [0.1, 0.15) is 72.7 Å². The molecule has 1 saturated heterocycles. The van der Waals surface area contributed by atoms with E-state index in [0.29, 0.717) is 22.9 Å². The average molecular weight is 419 g/mol. The highest BCUT2D eigenvalue weighted by Gasteiger charge is 2.32. The predicted molar refractivity (Wildman–Crippen MR) is 121 cm³/mol. The number of carbonyl (C=O) groups is 1. The first kappa shape index (κ1) is 20.1. The van der Waals surface area contributed by atoms with Crippen LogP contribution >= 0.6 is 0 Å². The summed E-state index contributed by atoms with van der Waals surface area (Å²) in [4.78, 5) is 18.7. The number of aromatic nitrogens is 3. The van der Waals surface area contributed by atoms with Crippen molar-refractivity contribution in [1.29, 1.82) is 0 Å². The number of amides is 1. The van der Waals surface area contributed by atoms with Crippen LogP contribution < -0.4 is 5.43 Å². The molecular weight excluding hydrogens is 388 g/mol. The Balaban J connectivity index is 1.37. The Bertz CT molecular complexity index is 1010. The summed E-state index contributed by atoms with van der Waals surface area (Å²) in [6.07, 6.45) is 12.3. The van der Waals surface area contributed by atoms with Gasteiger partial charge in [0.05, 0.1) is 5.57 Å². The van der Waals surface area contributed by atoms with Crippen molar-refractivity contribution in [3.63, 3.8) is 0 Å². The Morgan fingerprint density at radius 3 is 2.81 bits per heavy atom. The molecule has 162 valence electrons. The second kappa shape index (κ2) is 8.75. The van der Waals surface area contributed by atoms with E-state index in [9.17, 15) is 4.79 Å². The van der Waals surface area contributed by atoms with Gasteiger partial charge in [0.2, 0.25) is 0 Å². The van der Waals surface area contributed by atoms with Crippen LogP contribution in [-0.2, 0) is 11.2 Å². The van der Waals surface area contributed by atoms with Crippen LogP contribution in [0.25, 0.3) is 6.08 Å². The molecule has 1 aliphatic carbocycles. The van der Waals surface area contributed by atoms with E-state index in [4.69, 9.17) is 0 Å². The molecule has 2 N–H and O–H groups in total. The van der Waals surface area contributed by atoms with Crippen molar-refractivity contribution in [3.8, 4) is 0 Å². The van der Waals surface area contributed by atoms with E-state index in [1.54, 1.807) is 12.3 Å². The maximum absolute atomic E-state index is 12.5. The highest BCUT2D eigenvalue weighted by Crippen LogP contribution is 2.45. The lowest BCUT2D eigenvalue weighted by atomic mass is 9.97. The summed E-state index contributed by atoms with van der Waals surface area (Å²) in [5, 5.41) is 12.3. The van der Waals surface area contributed by atoms with Gasteiger partial charge in [0.1, 0.15) is 11.4 Å². The molecule has 5 rings (SSSR count). The number of nitrogens with one attached hydrogen (secondary N) is 2. The molecule has 31 heavy (non-hydrogen) atoms. The average Bonchev–Trinajstić information content (AvgIpc) is 3.21. The molecule has 0 radical (unpaired) electrons. The van der Waals surface area contributed by atoms with Crippen molar-refractivity contribution in [2.24, 2.45) is 5.10 Å². The molecule has 1 amide bonds. The summed E-state index contributed by atoms with van der Waals surface area (Å²) in [6.45, 7) is 5.92. The number of hydrogen-bond acceptors (Lipinski definition) is 5. The minimum Gasteiger partial charge on any atom is -0.359 e. The lowest BCUT2D eigenvalue weighted by Crippen LogP contribution is -2.20. The normalized spacial score (nSPS) is 20.5. The number of H-pyrrole nitrogens is 1. The summed E-state index contributed by atoms with van der Waals surface area (Å²) in [6, 6.07) is 3.63. The minimum absolute atomic E-state index is 0.193. The Morgan fingerprint density at radius 2 is 2.06 bits per heavy atom. The Morgan fingerprint density at radius 1 is 1.23 bits per heavy atom. The zero-order chi connectivity index (χ0) is 21.2. The van der Waals surface area contributed by atoms with Gasteiger partial charge in [-0.2, -0.15) is 10.2 Å². The molecule has 2 aromatic rings. The Hall–Kier alpha value is -2.80. The van der Waals surface area contributed by atoms with Gasteiger partial charge in [-0.3, -0.25) is 4.79 Å². The van der Waals surface area contributed by atoms with Crippen LogP contribution in [0, 0.1) is 6.92 Å². The first-order chi connectivity index (χ1) is 15.2. The molecule has 1 saturated carbocycles. The smallest absolute Gasteiger partial charge is 0.273 e. The van der Waals surface area contributed by atoms with Gasteiger partial charge < -0.3 is 9.88 Å². The topological polar surface area (TPSA) is 86.3 Å². The van der Waals surface area contributed by atoms with Crippen molar-refractivity contribution in [1.82, 2.24) is 25.5 Å². The van der Waals surface area contributed by atoms with Gasteiger partial charge in [-0.15, -0.1) is 5.10 Å². The van der Waals surface area contributed by atoms with Crippen LogP contribution in [0.3, 0.4) is 0 Å². The molecule has 2 fully saturated rings. The minimum atomic E-state index is -0.193. The van der Waals surface area contributed by atoms with E-state index in [2.05, 4.69) is 37.5 Å². The second-order valence-electron chi connectivity index (χ2n) is 8.90. The highest BCUT2D eigenvalue weighted by molar-refractivity contribution is 6.32. The molecule has 3 aliphatic rings. The van der Waals surface area contributed by atoms with E-state index in [-0.39, 0.29) is 5.91 Å². The lowest BCUT2D eigenvalue weighted by molar-refractivity contribution is -0.116. The molecule has 0 spiro atoms. The van der Waals surface area contributed by atoms with Crippen LogP contribution in [0.15, 0.2) is 29.0 Å². The maximum atomic E-state index is 12.5. The van der Waals surface area contributed by atoms with Gasteiger partial charge in [0, 0.05) is 17.6 Å². The Kier molecular flexibility index (Phi) is 5.68. The summed E-state index contributed by atoms with van der Waals surface area (Å²) < 4.78 is 0. The largest absolute Gasteiger partial charge is 0.359 e. The van der Waals surface area contributed by atoms with Gasteiger partial charge in [0.15, 0.2) is 0 Å². The van der Waals surface area contributed by atoms with E-state index in [1.165, 1.54) is 75.0 Å². The number of rotatable bonds is 8. The number of unbranched alkanes of at least 4 members (excludes halogenated alkanes) is 1. The van der Waals surface area contributed by atoms with Gasteiger partial charge >= 0.3 is 0 Å². The summed E-state index contributed by atoms with van der Waals surface area (Å²) in [7, 11) is 0. The third kappa shape index (κ3) is 4.32. The lowest BCUT2D eigenvalue weighted by Gasteiger charge is -2.14. The van der Waals surface area contributed by atoms with Crippen LogP contribution in [0.4, 0.5) is 0 Å². The Labute approximate surface area is 183 Å². The number of likely N-dealkylation sites (tertiary alicyclic amines) is 1. The third-order valence-corrected chi connectivity index (χ3v) is 6.60. The maximum Gasteiger partial charge on any atom is 0.273 e. The highest BCUT2D eigenvalue weighted by atomic mass is 16.2. The molecule has 0 atom stereocenters. The summed E-state index contributed by atoms with van der Waals surface area (Å²) in [5.41, 5.74) is 9.43. The van der Waals surface area contributed by atoms with Crippen LogP contribution in [0.5, 0.6) is 0 Å². The SMILES string of the molecule is Cc1[nH]c(/C=C2/C(=O)NN=C2c2cccnn2)c(C2CC2)c1CCCCN1CCCC1. The van der Waals surface area contributed by atoms with Gasteiger partial charge in [-0.1, -0.05) is 0 Å². The van der Waals surface area contributed by atoms with Crippen molar-refractivity contribution in [2.45, 2.75) is 57.8 Å². The first-order valence-electron chi connectivity index (χ1n) is 11.5. The second-order valence-corrected chi connectivity index (χ2v) is 8.90. The number of carbonyl (C=O) groups excluding carboxylic acids is 1. The fourth-order valence-corrected chi connectivity index (χ4v) is 4.86. The molecule has 7 nitrogen and oxygen atoms in total. The quantitative estimate of drug-likeness (QED) is 0.509. The van der Waals surface area contributed by atoms with E-state index in [1.807, 2.05) is 12.1 Å². The number of aromatic amines is 1. The number of hydrazone groups is 1. The van der Waals surface area contributed by atoms with E-state index >= 15 is 0 Å². The van der Waals surface area contributed by atoms with Gasteiger partial charge in [-0.25, -0.2) is 5.43 Å².